The van der Waals surface area contributed by atoms with Crippen LogP contribution in [0.1, 0.15) is 18.7 Å². The molecule has 9 heteroatoms. The van der Waals surface area contributed by atoms with E-state index in [1.807, 2.05) is 13.0 Å². The Balaban J connectivity index is 0.00000289. The largest absolute Gasteiger partial charge is 0.486 e. The van der Waals surface area contributed by atoms with E-state index >= 15 is 0 Å². The number of halogens is 3. The molecular formula is C25H22F3N5O. The normalized spacial score (nSPS) is 15.0. The molecule has 174 valence electrons. The van der Waals surface area contributed by atoms with E-state index in [0.717, 1.165) is 17.3 Å². The summed E-state index contributed by atoms with van der Waals surface area (Å²) in [5.41, 5.74) is 2.89. The van der Waals surface area contributed by atoms with Crippen LogP contribution < -0.4 is 15.0 Å². The van der Waals surface area contributed by atoms with Gasteiger partial charge < -0.3 is 15.0 Å². The molecule has 1 unspecified atom stereocenters. The number of ether oxygens (including phenoxy) is 1. The van der Waals surface area contributed by atoms with Gasteiger partial charge in [-0.1, -0.05) is 0 Å². The number of benzene rings is 2. The molecule has 5 rings (SSSR count). The van der Waals surface area contributed by atoms with Crippen LogP contribution in [0.4, 0.5) is 30.6 Å². The molecule has 3 heterocycles. The predicted octanol–water partition coefficient (Wildman–Crippen LogP) is 5.82. The molecule has 1 N–H and O–H groups in total. The number of anilines is 3. The van der Waals surface area contributed by atoms with E-state index in [9.17, 15) is 13.2 Å². The lowest BCUT2D eigenvalue weighted by Crippen LogP contribution is -2.34. The first kappa shape index (κ1) is 21.7. The van der Waals surface area contributed by atoms with E-state index in [0.29, 0.717) is 28.4 Å². The van der Waals surface area contributed by atoms with Gasteiger partial charge in [-0.25, -0.2) is 18.2 Å². The van der Waals surface area contributed by atoms with Gasteiger partial charge in [0.2, 0.25) is 5.95 Å². The number of rotatable bonds is 4. The standard InChI is InChI=1S/C25H20F3N5O.H2/c1-14-7-15(5-6-29-14)20-4-3-19(11-21(20)28)31-25-30-12-23-24(32-25)33(2)22(13-34-23)16-8-17(26)10-18(27)9-16;/h3-12,22H,13H2,1-2H3,(H,30,31,32);1H. The molecule has 0 spiro atoms. The van der Waals surface area contributed by atoms with E-state index in [1.165, 1.54) is 24.4 Å². The van der Waals surface area contributed by atoms with Gasteiger partial charge in [0.1, 0.15) is 24.1 Å². The van der Waals surface area contributed by atoms with Crippen LogP contribution in [-0.4, -0.2) is 28.6 Å². The molecule has 0 radical (unpaired) electrons. The molecule has 6 nitrogen and oxygen atoms in total. The number of aromatic nitrogens is 3. The van der Waals surface area contributed by atoms with Crippen molar-refractivity contribution in [3.8, 4) is 16.9 Å². The van der Waals surface area contributed by atoms with E-state index in [1.54, 1.807) is 36.3 Å². The van der Waals surface area contributed by atoms with Crippen LogP contribution >= 0.6 is 0 Å². The number of aryl methyl sites for hydroxylation is 1. The first-order valence-corrected chi connectivity index (χ1v) is 10.6. The predicted molar refractivity (Wildman–Crippen MR) is 125 cm³/mol. The average molecular weight is 465 g/mol. The zero-order chi connectivity index (χ0) is 23.8. The molecule has 2 aromatic carbocycles. The summed E-state index contributed by atoms with van der Waals surface area (Å²) in [5.74, 6) is -0.605. The highest BCUT2D eigenvalue weighted by Gasteiger charge is 2.29. The lowest BCUT2D eigenvalue weighted by molar-refractivity contribution is 0.264. The highest BCUT2D eigenvalue weighted by atomic mass is 19.1. The van der Waals surface area contributed by atoms with Crippen molar-refractivity contribution in [3.63, 3.8) is 0 Å². The summed E-state index contributed by atoms with van der Waals surface area (Å²) in [6.07, 6.45) is 3.15. The van der Waals surface area contributed by atoms with Gasteiger partial charge in [-0.2, -0.15) is 4.98 Å². The van der Waals surface area contributed by atoms with Crippen molar-refractivity contribution in [2.75, 3.05) is 23.9 Å². The number of likely N-dealkylation sites (N-methyl/N-ethyl adjacent to an activating group) is 1. The van der Waals surface area contributed by atoms with Crippen molar-refractivity contribution in [2.45, 2.75) is 13.0 Å². The van der Waals surface area contributed by atoms with E-state index < -0.39 is 23.5 Å². The number of nitrogens with zero attached hydrogens (tertiary/aromatic N) is 4. The van der Waals surface area contributed by atoms with Crippen LogP contribution in [0.25, 0.3) is 11.1 Å². The third kappa shape index (κ3) is 4.24. The molecule has 1 aliphatic rings. The first-order chi connectivity index (χ1) is 16.4. The molecule has 0 saturated carbocycles. The summed E-state index contributed by atoms with van der Waals surface area (Å²) in [5, 5.41) is 3.00. The van der Waals surface area contributed by atoms with Crippen LogP contribution in [0.15, 0.2) is 60.9 Å². The Kier molecular flexibility index (Phi) is 5.53. The topological polar surface area (TPSA) is 63.2 Å². The maximum Gasteiger partial charge on any atom is 0.229 e. The summed E-state index contributed by atoms with van der Waals surface area (Å²) in [6, 6.07) is 11.3. The fourth-order valence-electron chi connectivity index (χ4n) is 3.96. The highest BCUT2D eigenvalue weighted by Crippen LogP contribution is 2.37. The summed E-state index contributed by atoms with van der Waals surface area (Å²) < 4.78 is 48.0. The fourth-order valence-corrected chi connectivity index (χ4v) is 3.96. The Bertz CT molecular complexity index is 1370. The second-order valence-corrected chi connectivity index (χ2v) is 8.03. The molecule has 34 heavy (non-hydrogen) atoms. The molecule has 1 atom stereocenters. The van der Waals surface area contributed by atoms with Crippen LogP contribution in [0, 0.1) is 24.4 Å². The number of hydrogen-bond donors (Lipinski definition) is 1. The van der Waals surface area contributed by atoms with Gasteiger partial charge in [0, 0.05) is 37.7 Å². The van der Waals surface area contributed by atoms with Crippen molar-refractivity contribution in [3.05, 3.63) is 89.6 Å². The van der Waals surface area contributed by atoms with Gasteiger partial charge in [0.05, 0.1) is 12.2 Å². The molecule has 2 aromatic heterocycles. The van der Waals surface area contributed by atoms with Gasteiger partial charge in [0.25, 0.3) is 0 Å². The quantitative estimate of drug-likeness (QED) is 0.410. The van der Waals surface area contributed by atoms with E-state index in [-0.39, 0.29) is 14.0 Å². The zero-order valence-corrected chi connectivity index (χ0v) is 18.4. The molecule has 0 fully saturated rings. The second-order valence-electron chi connectivity index (χ2n) is 8.03. The van der Waals surface area contributed by atoms with Crippen molar-refractivity contribution in [2.24, 2.45) is 0 Å². The Labute approximate surface area is 195 Å². The minimum Gasteiger partial charge on any atom is -0.486 e. The number of nitrogens with one attached hydrogen (secondary N) is 1. The van der Waals surface area contributed by atoms with Gasteiger partial charge in [-0.3, -0.25) is 4.98 Å². The molecule has 0 amide bonds. The second kappa shape index (κ2) is 8.66. The number of fused-ring (bicyclic) bond motifs is 1. The maximum absolute atomic E-state index is 14.8. The van der Waals surface area contributed by atoms with Crippen LogP contribution in [0.2, 0.25) is 0 Å². The van der Waals surface area contributed by atoms with Crippen molar-refractivity contribution < 1.29 is 19.3 Å². The number of pyridine rings is 1. The molecular weight excluding hydrogens is 443 g/mol. The average Bonchev–Trinajstić information content (AvgIpc) is 2.79. The molecule has 0 bridgehead atoms. The third-order valence-electron chi connectivity index (χ3n) is 5.64. The van der Waals surface area contributed by atoms with Crippen LogP contribution in [0.5, 0.6) is 5.75 Å². The number of hydrogen-bond acceptors (Lipinski definition) is 6. The Hall–Kier alpha value is -4.14. The van der Waals surface area contributed by atoms with Crippen LogP contribution in [-0.2, 0) is 0 Å². The van der Waals surface area contributed by atoms with E-state index in [2.05, 4.69) is 20.3 Å². The van der Waals surface area contributed by atoms with Gasteiger partial charge in [-0.15, -0.1) is 0 Å². The van der Waals surface area contributed by atoms with Gasteiger partial charge >= 0.3 is 0 Å². The van der Waals surface area contributed by atoms with Crippen LogP contribution in [0.3, 0.4) is 0 Å². The smallest absolute Gasteiger partial charge is 0.229 e. The van der Waals surface area contributed by atoms with Crippen molar-refractivity contribution >= 4 is 17.5 Å². The summed E-state index contributed by atoms with van der Waals surface area (Å²) in [6.45, 7) is 2.03. The molecule has 0 saturated heterocycles. The molecule has 0 aliphatic carbocycles. The van der Waals surface area contributed by atoms with Gasteiger partial charge in [0.15, 0.2) is 11.6 Å². The van der Waals surface area contributed by atoms with Crippen molar-refractivity contribution in [1.29, 1.82) is 0 Å². The Morgan fingerprint density at radius 2 is 1.82 bits per heavy atom. The third-order valence-corrected chi connectivity index (χ3v) is 5.64. The molecule has 1 aliphatic heterocycles. The highest BCUT2D eigenvalue weighted by molar-refractivity contribution is 5.68. The minimum atomic E-state index is -0.661. The Morgan fingerprint density at radius 1 is 1.03 bits per heavy atom. The lowest BCUT2D eigenvalue weighted by Gasteiger charge is -2.35. The monoisotopic (exact) mass is 465 g/mol. The lowest BCUT2D eigenvalue weighted by atomic mass is 10.0. The Morgan fingerprint density at radius 3 is 2.56 bits per heavy atom. The van der Waals surface area contributed by atoms with Gasteiger partial charge in [-0.05, 0) is 60.5 Å². The minimum absolute atomic E-state index is 0. The zero-order valence-electron chi connectivity index (χ0n) is 18.4. The first-order valence-electron chi connectivity index (χ1n) is 10.6. The fraction of sp³-hybridized carbons (Fsp3) is 0.160. The molecule has 4 aromatic rings. The summed E-state index contributed by atoms with van der Waals surface area (Å²) in [4.78, 5) is 14.7. The van der Waals surface area contributed by atoms with Crippen molar-refractivity contribution in [1.82, 2.24) is 15.0 Å². The summed E-state index contributed by atoms with van der Waals surface area (Å²) >= 11 is 0. The summed E-state index contributed by atoms with van der Waals surface area (Å²) in [7, 11) is 1.76. The SMILES string of the molecule is Cc1cc(-c2ccc(Nc3ncc4c(n3)N(C)C(c3cc(F)cc(F)c3)CO4)cc2F)ccn1.[HH]. The van der Waals surface area contributed by atoms with E-state index in [4.69, 9.17) is 4.74 Å². The maximum atomic E-state index is 14.8.